The number of ether oxygens (including phenoxy) is 4. The van der Waals surface area contributed by atoms with Crippen LogP contribution in [0.1, 0.15) is 141 Å². The molecular formula is C68H82O6. The van der Waals surface area contributed by atoms with Crippen LogP contribution < -0.4 is 18.9 Å². The van der Waals surface area contributed by atoms with Gasteiger partial charge in [-0.2, -0.15) is 0 Å². The van der Waals surface area contributed by atoms with E-state index in [2.05, 4.69) is 123 Å². The molecule has 0 radical (unpaired) electrons. The fourth-order valence-corrected chi connectivity index (χ4v) is 9.60. The molecule has 0 fully saturated rings. The van der Waals surface area contributed by atoms with Crippen LogP contribution >= 0.6 is 0 Å². The Morgan fingerprint density at radius 2 is 0.541 bits per heavy atom. The second-order valence-corrected chi connectivity index (χ2v) is 19.9. The van der Waals surface area contributed by atoms with Crippen LogP contribution in [0, 0.1) is 0 Å². The topological polar surface area (TPSA) is 77.4 Å². The Balaban J connectivity index is 0.991. The molecule has 0 aliphatic carbocycles. The first-order chi connectivity index (χ1) is 36.4. The number of aryl methyl sites for hydroxylation is 2. The highest BCUT2D eigenvalue weighted by atomic mass is 16.5. The molecule has 0 amide bonds. The van der Waals surface area contributed by atoms with Crippen molar-refractivity contribution in [2.45, 2.75) is 142 Å². The summed E-state index contributed by atoms with van der Waals surface area (Å²) in [4.78, 5) is 0. The minimum atomic E-state index is 0.262. The van der Waals surface area contributed by atoms with Gasteiger partial charge in [-0.05, 0) is 144 Å². The van der Waals surface area contributed by atoms with Crippen LogP contribution in [0.4, 0.5) is 0 Å². The molecule has 7 aromatic rings. The summed E-state index contributed by atoms with van der Waals surface area (Å²) in [6, 6.07) is 54.3. The predicted octanol–water partition coefficient (Wildman–Crippen LogP) is 18.8. The van der Waals surface area contributed by atoms with Crippen LogP contribution in [0.15, 0.2) is 158 Å². The van der Waals surface area contributed by atoms with E-state index in [1.165, 1.54) is 84.7 Å². The Morgan fingerprint density at radius 1 is 0.284 bits per heavy atom. The molecule has 0 aliphatic heterocycles. The van der Waals surface area contributed by atoms with E-state index in [1.54, 1.807) is 24.3 Å². The lowest BCUT2D eigenvalue weighted by Crippen LogP contribution is -2.03. The van der Waals surface area contributed by atoms with E-state index in [-0.39, 0.29) is 11.5 Å². The third-order valence-corrected chi connectivity index (χ3v) is 13.9. The molecular weight excluding hydrogens is 913 g/mol. The highest BCUT2D eigenvalue weighted by molar-refractivity contribution is 5.83. The van der Waals surface area contributed by atoms with Crippen LogP contribution in [-0.2, 0) is 12.8 Å². The van der Waals surface area contributed by atoms with Crippen LogP contribution in [0.25, 0.3) is 44.5 Å². The Bertz CT molecular complexity index is 2430. The number of hydrogen-bond acceptors (Lipinski definition) is 6. The summed E-state index contributed by atoms with van der Waals surface area (Å²) in [7, 11) is 0. The summed E-state index contributed by atoms with van der Waals surface area (Å²) in [5, 5.41) is 19.0. The minimum Gasteiger partial charge on any atom is -0.508 e. The number of phenolic OH excluding ortho intramolecular Hbond substituents is 2. The summed E-state index contributed by atoms with van der Waals surface area (Å²) < 4.78 is 25.3. The van der Waals surface area contributed by atoms with E-state index in [1.807, 2.05) is 24.3 Å². The van der Waals surface area contributed by atoms with Gasteiger partial charge in [-0.15, -0.1) is 0 Å². The number of aromatic hydroxyl groups is 2. The largest absolute Gasteiger partial charge is 0.508 e. The first-order valence-corrected chi connectivity index (χ1v) is 28.1. The monoisotopic (exact) mass is 995 g/mol. The Kier molecular flexibility index (Phi) is 23.2. The maximum atomic E-state index is 9.50. The van der Waals surface area contributed by atoms with Crippen LogP contribution in [-0.4, -0.2) is 36.6 Å². The first-order valence-electron chi connectivity index (χ1n) is 28.1. The number of benzene rings is 7. The molecule has 2 N–H and O–H groups in total. The van der Waals surface area contributed by atoms with Crippen molar-refractivity contribution in [2.24, 2.45) is 0 Å². The first kappa shape index (κ1) is 55.1. The standard InChI is InChI=1S/C68H82O6/c1-3-21-53-23-27-55(28-24-53)57-31-35-59(36-32-57)65-51-68(74-50-20-16-12-8-6-10-14-18-48-72-64-45-41-62(70)42-46-64)66(60-37-33-58(34-38-60)56-29-25-54(22-4-2)26-30-56)52-67(65)73-49-19-15-11-7-5-9-13-17-47-71-63-43-39-61(69)40-44-63/h23-46,51-52,69-70H,3-22,47-50H2,1-2H3. The molecule has 7 rings (SSSR count). The molecule has 0 bridgehead atoms. The molecule has 6 nitrogen and oxygen atoms in total. The van der Waals surface area contributed by atoms with Crippen molar-refractivity contribution in [3.63, 3.8) is 0 Å². The summed E-state index contributed by atoms with van der Waals surface area (Å²) >= 11 is 0. The third kappa shape index (κ3) is 18.4. The van der Waals surface area contributed by atoms with Crippen molar-refractivity contribution in [1.29, 1.82) is 0 Å². The number of rotatable bonds is 34. The molecule has 74 heavy (non-hydrogen) atoms. The molecule has 0 spiro atoms. The van der Waals surface area contributed by atoms with E-state index in [9.17, 15) is 10.2 Å². The molecule has 7 aromatic carbocycles. The van der Waals surface area contributed by atoms with Crippen molar-refractivity contribution in [1.82, 2.24) is 0 Å². The molecule has 0 saturated heterocycles. The molecule has 0 aromatic heterocycles. The quantitative estimate of drug-likeness (QED) is 0.0392. The second kappa shape index (κ2) is 31.2. The zero-order valence-corrected chi connectivity index (χ0v) is 44.5. The fourth-order valence-electron chi connectivity index (χ4n) is 9.60. The Labute approximate surface area is 443 Å². The molecule has 0 heterocycles. The predicted molar refractivity (Wildman–Crippen MR) is 308 cm³/mol. The molecule has 0 unspecified atom stereocenters. The SMILES string of the molecule is CCCc1ccc(-c2ccc(-c3cc(OCCCCCCCCCCOc4ccc(O)cc4)c(-c4ccc(-c5ccc(CCC)cc5)cc4)cc3OCCCCCCCCCCOc3ccc(O)cc3)cc2)cc1. The van der Waals surface area contributed by atoms with E-state index in [0.29, 0.717) is 26.4 Å². The van der Waals surface area contributed by atoms with E-state index < -0.39 is 0 Å². The van der Waals surface area contributed by atoms with Crippen molar-refractivity contribution in [2.75, 3.05) is 26.4 Å². The number of phenols is 2. The highest BCUT2D eigenvalue weighted by Crippen LogP contribution is 2.42. The zero-order chi connectivity index (χ0) is 51.4. The van der Waals surface area contributed by atoms with Crippen molar-refractivity contribution in [3.8, 4) is 79.0 Å². The van der Waals surface area contributed by atoms with Gasteiger partial charge in [-0.25, -0.2) is 0 Å². The summed E-state index contributed by atoms with van der Waals surface area (Å²) in [5.74, 6) is 3.92. The summed E-state index contributed by atoms with van der Waals surface area (Å²) in [6.45, 7) is 7.19. The lowest BCUT2D eigenvalue weighted by molar-refractivity contribution is 0.297. The molecule has 0 atom stereocenters. The smallest absolute Gasteiger partial charge is 0.128 e. The fraction of sp³-hybridized carbons (Fsp3) is 0.382. The lowest BCUT2D eigenvalue weighted by Gasteiger charge is -2.19. The molecule has 6 heteroatoms. The third-order valence-electron chi connectivity index (χ3n) is 13.9. The van der Waals surface area contributed by atoms with Crippen molar-refractivity contribution >= 4 is 0 Å². The summed E-state index contributed by atoms with van der Waals surface area (Å²) in [6.07, 6.45) is 22.9. The Hall–Kier alpha value is -6.66. The van der Waals surface area contributed by atoms with Gasteiger partial charge in [0, 0.05) is 11.1 Å². The minimum absolute atomic E-state index is 0.262. The van der Waals surface area contributed by atoms with Gasteiger partial charge in [0.15, 0.2) is 0 Å². The average Bonchev–Trinajstić information content (AvgIpc) is 3.43. The van der Waals surface area contributed by atoms with Gasteiger partial charge in [0.1, 0.15) is 34.5 Å². The maximum absolute atomic E-state index is 9.50. The zero-order valence-electron chi connectivity index (χ0n) is 44.5. The lowest BCUT2D eigenvalue weighted by atomic mass is 9.94. The van der Waals surface area contributed by atoms with Crippen LogP contribution in [0.5, 0.6) is 34.5 Å². The highest BCUT2D eigenvalue weighted by Gasteiger charge is 2.17. The second-order valence-electron chi connectivity index (χ2n) is 19.9. The van der Waals surface area contributed by atoms with Gasteiger partial charge in [0.05, 0.1) is 26.4 Å². The van der Waals surface area contributed by atoms with Gasteiger partial charge in [-0.3, -0.25) is 0 Å². The van der Waals surface area contributed by atoms with Crippen LogP contribution in [0.3, 0.4) is 0 Å². The van der Waals surface area contributed by atoms with Gasteiger partial charge in [0.2, 0.25) is 0 Å². The van der Waals surface area contributed by atoms with Gasteiger partial charge in [0.25, 0.3) is 0 Å². The summed E-state index contributed by atoms with van der Waals surface area (Å²) in [5.41, 5.74) is 12.0. The van der Waals surface area contributed by atoms with Gasteiger partial charge in [-0.1, -0.05) is 201 Å². The van der Waals surface area contributed by atoms with E-state index >= 15 is 0 Å². The average molecular weight is 995 g/mol. The molecule has 0 aliphatic rings. The number of hydrogen-bond donors (Lipinski definition) is 2. The number of unbranched alkanes of at least 4 members (excludes halogenated alkanes) is 14. The normalized spacial score (nSPS) is 11.2. The van der Waals surface area contributed by atoms with Gasteiger partial charge >= 0.3 is 0 Å². The van der Waals surface area contributed by atoms with E-state index in [0.717, 1.165) is 122 Å². The van der Waals surface area contributed by atoms with Gasteiger partial charge < -0.3 is 29.2 Å². The molecule has 0 saturated carbocycles. The van der Waals surface area contributed by atoms with Crippen LogP contribution in [0.2, 0.25) is 0 Å². The maximum Gasteiger partial charge on any atom is 0.128 e. The molecule has 390 valence electrons. The van der Waals surface area contributed by atoms with E-state index in [4.69, 9.17) is 18.9 Å². The van der Waals surface area contributed by atoms with Crippen molar-refractivity contribution in [3.05, 3.63) is 169 Å². The van der Waals surface area contributed by atoms with Crippen molar-refractivity contribution < 1.29 is 29.2 Å². The Morgan fingerprint density at radius 3 is 0.838 bits per heavy atom.